The molecule has 21 heavy (non-hydrogen) atoms. The lowest BCUT2D eigenvalue weighted by molar-refractivity contribution is 0.112. The zero-order chi connectivity index (χ0) is 15.0. The molecule has 0 aliphatic heterocycles. The first-order valence-corrected chi connectivity index (χ1v) is 7.86. The van der Waals surface area contributed by atoms with E-state index < -0.39 is 10.0 Å². The summed E-state index contributed by atoms with van der Waals surface area (Å²) in [4.78, 5) is 11.3. The molecule has 1 heterocycles. The van der Waals surface area contributed by atoms with Gasteiger partial charge in [0, 0.05) is 17.1 Å². The molecular weight excluding hydrogens is 286 g/mol. The Morgan fingerprint density at radius 2 is 1.76 bits per heavy atom. The number of carbonyl (C=O) groups excluding carboxylic acids is 1. The molecule has 106 valence electrons. The lowest BCUT2D eigenvalue weighted by atomic mass is 10.1. The quantitative estimate of drug-likeness (QED) is 0.699. The third-order valence-electron chi connectivity index (χ3n) is 3.49. The Morgan fingerprint density at radius 1 is 1.00 bits per heavy atom. The van der Waals surface area contributed by atoms with Crippen molar-refractivity contribution in [2.24, 2.45) is 0 Å². The molecule has 3 rings (SSSR count). The zero-order valence-corrected chi connectivity index (χ0v) is 12.2. The number of aromatic nitrogens is 1. The van der Waals surface area contributed by atoms with Gasteiger partial charge in [0.15, 0.2) is 6.29 Å². The normalized spacial score (nSPS) is 11.7. The first-order valence-electron chi connectivity index (χ1n) is 6.42. The van der Waals surface area contributed by atoms with E-state index in [0.29, 0.717) is 22.0 Å². The molecule has 0 bridgehead atoms. The number of rotatable bonds is 3. The van der Waals surface area contributed by atoms with Crippen molar-refractivity contribution in [2.45, 2.75) is 11.8 Å². The summed E-state index contributed by atoms with van der Waals surface area (Å²) in [5.41, 5.74) is 1.67. The lowest BCUT2D eigenvalue weighted by Gasteiger charge is -2.10. The first-order chi connectivity index (χ1) is 10.1. The van der Waals surface area contributed by atoms with Crippen LogP contribution in [0.2, 0.25) is 0 Å². The summed E-state index contributed by atoms with van der Waals surface area (Å²) in [5, 5.41) is 0.629. The van der Waals surface area contributed by atoms with Crippen LogP contribution in [-0.4, -0.2) is 18.7 Å². The smallest absolute Gasteiger partial charge is 0.268 e. The zero-order valence-electron chi connectivity index (χ0n) is 11.4. The van der Waals surface area contributed by atoms with Gasteiger partial charge < -0.3 is 0 Å². The fraction of sp³-hybridized carbons (Fsp3) is 0.0625. The van der Waals surface area contributed by atoms with E-state index in [9.17, 15) is 13.2 Å². The van der Waals surface area contributed by atoms with Crippen molar-refractivity contribution in [1.82, 2.24) is 3.97 Å². The summed E-state index contributed by atoms with van der Waals surface area (Å²) in [6.45, 7) is 1.76. The van der Waals surface area contributed by atoms with E-state index in [2.05, 4.69) is 0 Å². The molecule has 0 unspecified atom stereocenters. The van der Waals surface area contributed by atoms with Crippen LogP contribution in [0.4, 0.5) is 0 Å². The van der Waals surface area contributed by atoms with Crippen LogP contribution in [0.3, 0.4) is 0 Å². The molecule has 0 aliphatic rings. The van der Waals surface area contributed by atoms with Crippen LogP contribution in [0.15, 0.2) is 59.6 Å². The highest BCUT2D eigenvalue weighted by molar-refractivity contribution is 7.90. The Labute approximate surface area is 122 Å². The average molecular weight is 299 g/mol. The molecule has 0 fully saturated rings. The van der Waals surface area contributed by atoms with Gasteiger partial charge in [0.25, 0.3) is 10.0 Å². The highest BCUT2D eigenvalue weighted by Crippen LogP contribution is 2.25. The van der Waals surface area contributed by atoms with Crippen molar-refractivity contribution in [3.63, 3.8) is 0 Å². The van der Waals surface area contributed by atoms with Gasteiger partial charge >= 0.3 is 0 Å². The summed E-state index contributed by atoms with van der Waals surface area (Å²) in [5.74, 6) is 0. The average Bonchev–Trinajstić information content (AvgIpc) is 2.92. The van der Waals surface area contributed by atoms with E-state index in [1.54, 1.807) is 55.5 Å². The Kier molecular flexibility index (Phi) is 3.14. The van der Waals surface area contributed by atoms with E-state index in [4.69, 9.17) is 0 Å². The molecule has 3 aromatic rings. The molecule has 0 amide bonds. The maximum Gasteiger partial charge on any atom is 0.268 e. The van der Waals surface area contributed by atoms with Crippen molar-refractivity contribution in [3.05, 3.63) is 65.9 Å². The van der Waals surface area contributed by atoms with Crippen molar-refractivity contribution in [1.29, 1.82) is 0 Å². The predicted molar refractivity (Wildman–Crippen MR) is 81.1 cm³/mol. The second-order valence-corrected chi connectivity index (χ2v) is 6.56. The maximum atomic E-state index is 12.8. The van der Waals surface area contributed by atoms with Gasteiger partial charge in [-0.25, -0.2) is 12.4 Å². The highest BCUT2D eigenvalue weighted by Gasteiger charge is 2.21. The van der Waals surface area contributed by atoms with Crippen LogP contribution in [-0.2, 0) is 10.0 Å². The van der Waals surface area contributed by atoms with Gasteiger partial charge in [0.1, 0.15) is 0 Å². The van der Waals surface area contributed by atoms with Crippen LogP contribution >= 0.6 is 0 Å². The van der Waals surface area contributed by atoms with Crippen LogP contribution < -0.4 is 0 Å². The predicted octanol–water partition coefficient (Wildman–Crippen LogP) is 3.00. The van der Waals surface area contributed by atoms with Gasteiger partial charge in [-0.1, -0.05) is 30.3 Å². The van der Waals surface area contributed by atoms with E-state index >= 15 is 0 Å². The number of benzene rings is 2. The molecule has 1 aromatic heterocycles. The number of aryl methyl sites for hydroxylation is 1. The molecule has 2 aromatic carbocycles. The number of carbonyl (C=O) groups is 1. The topological polar surface area (TPSA) is 56.1 Å². The van der Waals surface area contributed by atoms with Gasteiger partial charge in [-0.05, 0) is 30.7 Å². The third-order valence-corrected chi connectivity index (χ3v) is 5.34. The Morgan fingerprint density at radius 3 is 2.48 bits per heavy atom. The van der Waals surface area contributed by atoms with Gasteiger partial charge in [-0.3, -0.25) is 4.79 Å². The van der Waals surface area contributed by atoms with Gasteiger partial charge in [0.05, 0.1) is 10.4 Å². The molecule has 0 saturated heterocycles. The molecule has 5 heteroatoms. The summed E-state index contributed by atoms with van der Waals surface area (Å²) in [6.07, 6.45) is 2.21. The molecular formula is C16H13NO3S. The minimum Gasteiger partial charge on any atom is -0.298 e. The minimum absolute atomic E-state index is 0.263. The van der Waals surface area contributed by atoms with Crippen molar-refractivity contribution < 1.29 is 13.2 Å². The standard InChI is InChI=1S/C16H13NO3S/c1-12-5-2-3-8-16(12)21(19,20)17-10-9-14-13(11-18)6-4-7-15(14)17/h2-11H,1H3. The number of fused-ring (bicyclic) bond motifs is 1. The largest absolute Gasteiger partial charge is 0.298 e. The van der Waals surface area contributed by atoms with E-state index in [0.717, 1.165) is 6.29 Å². The van der Waals surface area contributed by atoms with Gasteiger partial charge in [-0.15, -0.1) is 0 Å². The molecule has 0 spiro atoms. The number of nitrogens with zero attached hydrogens (tertiary/aromatic N) is 1. The van der Waals surface area contributed by atoms with Crippen molar-refractivity contribution >= 4 is 27.2 Å². The Hall–Kier alpha value is -2.40. The summed E-state index contributed by atoms with van der Waals surface area (Å²) in [7, 11) is -3.68. The lowest BCUT2D eigenvalue weighted by Crippen LogP contribution is -2.13. The monoisotopic (exact) mass is 299 g/mol. The van der Waals surface area contributed by atoms with Crippen molar-refractivity contribution in [3.8, 4) is 0 Å². The molecule has 0 N–H and O–H groups in total. The second-order valence-electron chi connectivity index (χ2n) is 4.78. The SMILES string of the molecule is Cc1ccccc1S(=O)(=O)n1ccc2c(C=O)cccc21. The Bertz CT molecular complexity index is 939. The number of hydrogen-bond acceptors (Lipinski definition) is 3. The summed E-state index contributed by atoms with van der Waals surface area (Å²) >= 11 is 0. The minimum atomic E-state index is -3.68. The summed E-state index contributed by atoms with van der Waals surface area (Å²) in [6, 6.07) is 13.5. The molecule has 4 nitrogen and oxygen atoms in total. The molecule has 0 saturated carbocycles. The van der Waals surface area contributed by atoms with Crippen molar-refractivity contribution in [2.75, 3.05) is 0 Å². The van der Waals surface area contributed by atoms with Gasteiger partial charge in [0.2, 0.25) is 0 Å². The van der Waals surface area contributed by atoms with Crippen LogP contribution in [0, 0.1) is 6.92 Å². The third kappa shape index (κ3) is 2.06. The fourth-order valence-electron chi connectivity index (χ4n) is 2.43. The molecule has 0 radical (unpaired) electrons. The van der Waals surface area contributed by atoms with Crippen LogP contribution in [0.1, 0.15) is 15.9 Å². The van der Waals surface area contributed by atoms with Crippen LogP contribution in [0.5, 0.6) is 0 Å². The summed E-state index contributed by atoms with van der Waals surface area (Å²) < 4.78 is 26.8. The fourth-order valence-corrected chi connectivity index (χ4v) is 4.01. The highest BCUT2D eigenvalue weighted by atomic mass is 32.2. The van der Waals surface area contributed by atoms with Gasteiger partial charge in [-0.2, -0.15) is 0 Å². The second kappa shape index (κ2) is 4.86. The molecule has 0 aliphatic carbocycles. The van der Waals surface area contributed by atoms with E-state index in [1.165, 1.54) is 10.2 Å². The van der Waals surface area contributed by atoms with E-state index in [-0.39, 0.29) is 4.90 Å². The Balaban J connectivity index is 2.31. The number of aldehydes is 1. The van der Waals surface area contributed by atoms with Crippen LogP contribution in [0.25, 0.3) is 10.9 Å². The maximum absolute atomic E-state index is 12.8. The van der Waals surface area contributed by atoms with E-state index in [1.807, 2.05) is 0 Å². The number of hydrogen-bond donors (Lipinski definition) is 0. The first kappa shape index (κ1) is 13.6. The molecule has 0 atom stereocenters.